The second kappa shape index (κ2) is 6.97. The highest BCUT2D eigenvalue weighted by Crippen LogP contribution is 2.23. The van der Waals surface area contributed by atoms with E-state index in [4.69, 9.17) is 10.5 Å². The highest BCUT2D eigenvalue weighted by molar-refractivity contribution is 5.58. The zero-order chi connectivity index (χ0) is 16.9. The van der Waals surface area contributed by atoms with Gasteiger partial charge >= 0.3 is 0 Å². The van der Waals surface area contributed by atoms with Crippen LogP contribution in [0.15, 0.2) is 36.5 Å². The number of aromatic nitrogens is 1. The van der Waals surface area contributed by atoms with Crippen molar-refractivity contribution in [2.75, 3.05) is 23.3 Å². The molecule has 3 rings (SSSR count). The second-order valence-corrected chi connectivity index (χ2v) is 5.70. The number of hydrogen-bond acceptors (Lipinski definition) is 5. The van der Waals surface area contributed by atoms with Crippen LogP contribution in [0.2, 0.25) is 0 Å². The standard InChI is InChI=1S/C18H16FN5/c19-16-2-1-3-17(15(16)11-21)23-14-6-8-24(9-7-14)18-5-4-13(10-20)12-22-18/h1-5,12,14,23H,6-9H2. The van der Waals surface area contributed by atoms with Crippen LogP contribution in [0.4, 0.5) is 15.9 Å². The van der Waals surface area contributed by atoms with Crippen LogP contribution < -0.4 is 10.2 Å². The Bertz CT molecular complexity index is 796. The summed E-state index contributed by atoms with van der Waals surface area (Å²) >= 11 is 0. The van der Waals surface area contributed by atoms with Gasteiger partial charge in [0.15, 0.2) is 0 Å². The minimum Gasteiger partial charge on any atom is -0.381 e. The fourth-order valence-electron chi connectivity index (χ4n) is 2.87. The Morgan fingerprint density at radius 3 is 2.54 bits per heavy atom. The summed E-state index contributed by atoms with van der Waals surface area (Å²) in [6.07, 6.45) is 3.30. The predicted molar refractivity (Wildman–Crippen MR) is 88.9 cm³/mol. The van der Waals surface area contributed by atoms with Crippen molar-refractivity contribution >= 4 is 11.5 Å². The van der Waals surface area contributed by atoms with Crippen LogP contribution in [0, 0.1) is 28.5 Å². The molecule has 1 aromatic heterocycles. The number of nitrogens with zero attached hydrogens (tertiary/aromatic N) is 4. The van der Waals surface area contributed by atoms with Gasteiger partial charge in [0.05, 0.1) is 11.3 Å². The predicted octanol–water partition coefficient (Wildman–Crippen LogP) is 3.04. The van der Waals surface area contributed by atoms with E-state index in [-0.39, 0.29) is 11.6 Å². The number of rotatable bonds is 3. The van der Waals surface area contributed by atoms with Crippen molar-refractivity contribution in [3.63, 3.8) is 0 Å². The van der Waals surface area contributed by atoms with E-state index in [1.54, 1.807) is 24.4 Å². The zero-order valence-corrected chi connectivity index (χ0v) is 13.0. The van der Waals surface area contributed by atoms with Crippen LogP contribution in [0.5, 0.6) is 0 Å². The molecule has 0 radical (unpaired) electrons. The number of halogens is 1. The summed E-state index contributed by atoms with van der Waals surface area (Å²) in [5.74, 6) is 0.359. The molecule has 2 heterocycles. The monoisotopic (exact) mass is 321 g/mol. The van der Waals surface area contributed by atoms with Crippen molar-refractivity contribution in [2.45, 2.75) is 18.9 Å². The average Bonchev–Trinajstić information content (AvgIpc) is 2.63. The quantitative estimate of drug-likeness (QED) is 0.940. The fourth-order valence-corrected chi connectivity index (χ4v) is 2.87. The molecular formula is C18H16FN5. The molecule has 120 valence electrons. The number of anilines is 2. The third-order valence-electron chi connectivity index (χ3n) is 4.18. The van der Waals surface area contributed by atoms with Gasteiger partial charge < -0.3 is 10.2 Å². The van der Waals surface area contributed by atoms with Crippen LogP contribution >= 0.6 is 0 Å². The maximum Gasteiger partial charge on any atom is 0.143 e. The fraction of sp³-hybridized carbons (Fsp3) is 0.278. The largest absolute Gasteiger partial charge is 0.381 e. The molecule has 0 spiro atoms. The first-order valence-corrected chi connectivity index (χ1v) is 7.77. The van der Waals surface area contributed by atoms with Gasteiger partial charge in [0.1, 0.15) is 29.3 Å². The van der Waals surface area contributed by atoms with Crippen molar-refractivity contribution in [3.05, 3.63) is 53.5 Å². The van der Waals surface area contributed by atoms with E-state index in [0.717, 1.165) is 31.7 Å². The topological polar surface area (TPSA) is 75.7 Å². The minimum atomic E-state index is -0.498. The number of nitriles is 2. The van der Waals surface area contributed by atoms with E-state index >= 15 is 0 Å². The van der Waals surface area contributed by atoms with Gasteiger partial charge in [-0.25, -0.2) is 9.37 Å². The Labute approximate surface area is 140 Å². The highest BCUT2D eigenvalue weighted by atomic mass is 19.1. The van der Waals surface area contributed by atoms with Gasteiger partial charge in [-0.3, -0.25) is 0 Å². The van der Waals surface area contributed by atoms with Gasteiger partial charge in [0.25, 0.3) is 0 Å². The number of hydrogen-bond donors (Lipinski definition) is 1. The molecule has 0 unspecified atom stereocenters. The minimum absolute atomic E-state index is 0.0636. The lowest BCUT2D eigenvalue weighted by Gasteiger charge is -2.33. The van der Waals surface area contributed by atoms with Gasteiger partial charge in [0, 0.05) is 25.3 Å². The SMILES string of the molecule is N#Cc1ccc(N2CCC(Nc3cccc(F)c3C#N)CC2)nc1. The van der Waals surface area contributed by atoms with Gasteiger partial charge in [0.2, 0.25) is 0 Å². The summed E-state index contributed by atoms with van der Waals surface area (Å²) in [6, 6.07) is 12.4. The number of nitrogens with one attached hydrogen (secondary N) is 1. The molecule has 6 heteroatoms. The van der Waals surface area contributed by atoms with E-state index in [2.05, 4.69) is 21.3 Å². The van der Waals surface area contributed by atoms with Crippen molar-refractivity contribution in [3.8, 4) is 12.1 Å². The van der Waals surface area contributed by atoms with Crippen LogP contribution in [-0.2, 0) is 0 Å². The molecule has 5 nitrogen and oxygen atoms in total. The molecule has 1 N–H and O–H groups in total. The third-order valence-corrected chi connectivity index (χ3v) is 4.18. The summed E-state index contributed by atoms with van der Waals surface area (Å²) in [4.78, 5) is 6.47. The van der Waals surface area contributed by atoms with E-state index in [0.29, 0.717) is 11.3 Å². The molecule has 24 heavy (non-hydrogen) atoms. The molecule has 1 saturated heterocycles. The normalized spacial score (nSPS) is 14.7. The number of benzene rings is 1. The summed E-state index contributed by atoms with van der Waals surface area (Å²) in [6.45, 7) is 1.63. The molecule has 0 amide bonds. The third kappa shape index (κ3) is 3.28. The summed E-state index contributed by atoms with van der Waals surface area (Å²) < 4.78 is 13.6. The Morgan fingerprint density at radius 1 is 1.12 bits per heavy atom. The maximum absolute atomic E-state index is 13.6. The van der Waals surface area contributed by atoms with Crippen molar-refractivity contribution in [2.24, 2.45) is 0 Å². The molecule has 0 atom stereocenters. The molecule has 0 aliphatic carbocycles. The Hall–Kier alpha value is -3.12. The second-order valence-electron chi connectivity index (χ2n) is 5.70. The molecule has 1 fully saturated rings. The smallest absolute Gasteiger partial charge is 0.143 e. The molecule has 1 aliphatic rings. The maximum atomic E-state index is 13.6. The lowest BCUT2D eigenvalue weighted by Crippen LogP contribution is -2.39. The van der Waals surface area contributed by atoms with Crippen LogP contribution in [0.3, 0.4) is 0 Å². The summed E-state index contributed by atoms with van der Waals surface area (Å²) in [7, 11) is 0. The molecule has 0 saturated carbocycles. The average molecular weight is 321 g/mol. The van der Waals surface area contributed by atoms with E-state index in [1.165, 1.54) is 6.07 Å². The van der Waals surface area contributed by atoms with E-state index < -0.39 is 5.82 Å². The first-order chi connectivity index (χ1) is 11.7. The van der Waals surface area contributed by atoms with Gasteiger partial charge in [-0.15, -0.1) is 0 Å². The van der Waals surface area contributed by atoms with Gasteiger partial charge in [-0.2, -0.15) is 10.5 Å². The molecule has 1 aromatic carbocycles. The number of piperidine rings is 1. The van der Waals surface area contributed by atoms with E-state index in [1.807, 2.05) is 12.1 Å². The van der Waals surface area contributed by atoms with Crippen LogP contribution in [0.25, 0.3) is 0 Å². The van der Waals surface area contributed by atoms with Crippen molar-refractivity contribution < 1.29 is 4.39 Å². The lowest BCUT2D eigenvalue weighted by molar-refractivity contribution is 0.523. The van der Waals surface area contributed by atoms with Gasteiger partial charge in [-0.05, 0) is 37.1 Å². The van der Waals surface area contributed by atoms with Crippen molar-refractivity contribution in [1.82, 2.24) is 4.98 Å². The lowest BCUT2D eigenvalue weighted by atomic mass is 10.0. The summed E-state index contributed by atoms with van der Waals surface area (Å²) in [5, 5.41) is 21.2. The first kappa shape index (κ1) is 15.8. The Morgan fingerprint density at radius 2 is 1.92 bits per heavy atom. The van der Waals surface area contributed by atoms with Gasteiger partial charge in [-0.1, -0.05) is 6.07 Å². The first-order valence-electron chi connectivity index (χ1n) is 7.77. The van der Waals surface area contributed by atoms with Crippen molar-refractivity contribution in [1.29, 1.82) is 10.5 Å². The molecule has 0 bridgehead atoms. The molecule has 2 aromatic rings. The van der Waals surface area contributed by atoms with Crippen LogP contribution in [0.1, 0.15) is 24.0 Å². The Balaban J connectivity index is 1.62. The van der Waals surface area contributed by atoms with E-state index in [9.17, 15) is 4.39 Å². The number of pyridine rings is 1. The highest BCUT2D eigenvalue weighted by Gasteiger charge is 2.21. The zero-order valence-electron chi connectivity index (χ0n) is 13.0. The summed E-state index contributed by atoms with van der Waals surface area (Å²) in [5.41, 5.74) is 1.16. The van der Waals surface area contributed by atoms with Crippen LogP contribution in [-0.4, -0.2) is 24.1 Å². The Kier molecular flexibility index (Phi) is 4.58. The molecule has 1 aliphatic heterocycles. The molecular weight excluding hydrogens is 305 g/mol.